The third-order valence-electron chi connectivity index (χ3n) is 3.67. The molecule has 0 aromatic carbocycles. The molecule has 1 unspecified atom stereocenters. The van der Waals surface area contributed by atoms with Crippen molar-refractivity contribution >= 4 is 11.3 Å². The molecule has 19 heavy (non-hydrogen) atoms. The molecular weight excluding hydrogens is 254 g/mol. The van der Waals surface area contributed by atoms with Crippen molar-refractivity contribution in [1.29, 1.82) is 0 Å². The number of hydrogen-bond donors (Lipinski definition) is 1. The van der Waals surface area contributed by atoms with Gasteiger partial charge in [0.25, 0.3) is 0 Å². The van der Waals surface area contributed by atoms with E-state index in [1.54, 1.807) is 0 Å². The van der Waals surface area contributed by atoms with Crippen molar-refractivity contribution in [3.63, 3.8) is 0 Å². The SMILES string of the molecule is Cc1nn(C)c(C)c1CNC(c1cccs1)C(C)C. The van der Waals surface area contributed by atoms with Crippen molar-refractivity contribution in [2.75, 3.05) is 0 Å². The van der Waals surface area contributed by atoms with Gasteiger partial charge in [-0.2, -0.15) is 5.10 Å². The van der Waals surface area contributed by atoms with E-state index in [1.165, 1.54) is 16.1 Å². The molecule has 0 aliphatic heterocycles. The lowest BCUT2D eigenvalue weighted by atomic mass is 10.0. The Morgan fingerprint density at radius 2 is 2.11 bits per heavy atom. The summed E-state index contributed by atoms with van der Waals surface area (Å²) in [5.41, 5.74) is 3.70. The largest absolute Gasteiger partial charge is 0.305 e. The minimum Gasteiger partial charge on any atom is -0.305 e. The zero-order chi connectivity index (χ0) is 14.0. The maximum Gasteiger partial charge on any atom is 0.0641 e. The zero-order valence-electron chi connectivity index (χ0n) is 12.4. The lowest BCUT2D eigenvalue weighted by Crippen LogP contribution is -2.25. The van der Waals surface area contributed by atoms with Crippen molar-refractivity contribution in [1.82, 2.24) is 15.1 Å². The fraction of sp³-hybridized carbons (Fsp3) is 0.533. The highest BCUT2D eigenvalue weighted by Crippen LogP contribution is 2.26. The lowest BCUT2D eigenvalue weighted by molar-refractivity contribution is 0.415. The fourth-order valence-corrected chi connectivity index (χ4v) is 3.39. The predicted molar refractivity (Wildman–Crippen MR) is 81.4 cm³/mol. The average Bonchev–Trinajstić information content (AvgIpc) is 2.93. The van der Waals surface area contributed by atoms with Crippen molar-refractivity contribution in [2.24, 2.45) is 13.0 Å². The van der Waals surface area contributed by atoms with Crippen LogP contribution in [0.4, 0.5) is 0 Å². The Kier molecular flexibility index (Phi) is 4.42. The molecule has 2 aromatic heterocycles. The Balaban J connectivity index is 2.11. The number of hydrogen-bond acceptors (Lipinski definition) is 3. The molecule has 2 heterocycles. The summed E-state index contributed by atoms with van der Waals surface area (Å²) in [5, 5.41) is 10.3. The van der Waals surface area contributed by atoms with Crippen LogP contribution in [0.2, 0.25) is 0 Å². The average molecular weight is 277 g/mol. The molecule has 1 atom stereocenters. The van der Waals surface area contributed by atoms with E-state index >= 15 is 0 Å². The van der Waals surface area contributed by atoms with Gasteiger partial charge in [-0.05, 0) is 31.2 Å². The van der Waals surface area contributed by atoms with Crippen LogP contribution in [0.5, 0.6) is 0 Å². The van der Waals surface area contributed by atoms with Crippen LogP contribution in [-0.4, -0.2) is 9.78 Å². The van der Waals surface area contributed by atoms with Gasteiger partial charge < -0.3 is 5.32 Å². The van der Waals surface area contributed by atoms with Crippen molar-refractivity contribution in [2.45, 2.75) is 40.3 Å². The molecule has 2 rings (SSSR count). The van der Waals surface area contributed by atoms with Gasteiger partial charge in [-0.25, -0.2) is 0 Å². The molecule has 0 aliphatic rings. The molecule has 0 saturated carbocycles. The Bertz CT molecular complexity index is 526. The van der Waals surface area contributed by atoms with E-state index < -0.39 is 0 Å². The number of aryl methyl sites for hydroxylation is 2. The highest BCUT2D eigenvalue weighted by molar-refractivity contribution is 7.10. The zero-order valence-corrected chi connectivity index (χ0v) is 13.2. The number of nitrogens with zero attached hydrogens (tertiary/aromatic N) is 2. The van der Waals surface area contributed by atoms with Crippen LogP contribution in [0.25, 0.3) is 0 Å². The van der Waals surface area contributed by atoms with E-state index in [-0.39, 0.29) is 0 Å². The van der Waals surface area contributed by atoms with E-state index in [4.69, 9.17) is 0 Å². The Morgan fingerprint density at radius 3 is 2.58 bits per heavy atom. The van der Waals surface area contributed by atoms with Gasteiger partial charge in [0.1, 0.15) is 0 Å². The summed E-state index contributed by atoms with van der Waals surface area (Å²) in [6.45, 7) is 9.62. The summed E-state index contributed by atoms with van der Waals surface area (Å²) in [6.07, 6.45) is 0. The third-order valence-corrected chi connectivity index (χ3v) is 4.63. The summed E-state index contributed by atoms with van der Waals surface area (Å²) in [7, 11) is 2.00. The second kappa shape index (κ2) is 5.88. The maximum absolute atomic E-state index is 4.48. The van der Waals surface area contributed by atoms with E-state index in [2.05, 4.69) is 55.6 Å². The van der Waals surface area contributed by atoms with E-state index in [1.807, 2.05) is 23.1 Å². The predicted octanol–water partition coefficient (Wildman–Crippen LogP) is 3.59. The van der Waals surface area contributed by atoms with Crippen molar-refractivity contribution in [3.8, 4) is 0 Å². The van der Waals surface area contributed by atoms with Gasteiger partial charge in [-0.1, -0.05) is 19.9 Å². The lowest BCUT2D eigenvalue weighted by Gasteiger charge is -2.21. The second-order valence-corrected chi connectivity index (χ2v) is 6.37. The number of aromatic nitrogens is 2. The van der Waals surface area contributed by atoms with Crippen LogP contribution in [0.15, 0.2) is 17.5 Å². The number of nitrogens with one attached hydrogen (secondary N) is 1. The first-order valence-electron chi connectivity index (χ1n) is 6.76. The van der Waals surface area contributed by atoms with Crippen LogP contribution in [0.3, 0.4) is 0 Å². The Hall–Kier alpha value is -1.13. The topological polar surface area (TPSA) is 29.9 Å². The molecule has 0 fully saturated rings. The van der Waals surface area contributed by atoms with Crippen LogP contribution >= 0.6 is 11.3 Å². The molecule has 4 heteroatoms. The first-order chi connectivity index (χ1) is 9.00. The minimum atomic E-state index is 0.416. The smallest absolute Gasteiger partial charge is 0.0641 e. The van der Waals surface area contributed by atoms with Crippen molar-refractivity contribution < 1.29 is 0 Å². The second-order valence-electron chi connectivity index (χ2n) is 5.39. The first kappa shape index (κ1) is 14.3. The Morgan fingerprint density at radius 1 is 1.37 bits per heavy atom. The van der Waals surface area contributed by atoms with Crippen LogP contribution in [0.1, 0.15) is 41.7 Å². The van der Waals surface area contributed by atoms with Gasteiger partial charge >= 0.3 is 0 Å². The van der Waals surface area contributed by atoms with E-state index in [0.29, 0.717) is 12.0 Å². The third kappa shape index (κ3) is 3.07. The molecule has 104 valence electrons. The van der Waals surface area contributed by atoms with E-state index in [9.17, 15) is 0 Å². The van der Waals surface area contributed by atoms with Crippen LogP contribution < -0.4 is 5.32 Å². The summed E-state index contributed by atoms with van der Waals surface area (Å²) >= 11 is 1.82. The van der Waals surface area contributed by atoms with Crippen LogP contribution in [0, 0.1) is 19.8 Å². The normalized spacial score (nSPS) is 13.2. The molecule has 0 saturated heterocycles. The highest BCUT2D eigenvalue weighted by Gasteiger charge is 2.18. The molecule has 0 amide bonds. The molecule has 2 aromatic rings. The van der Waals surface area contributed by atoms with E-state index in [0.717, 1.165) is 12.2 Å². The van der Waals surface area contributed by atoms with Gasteiger partial charge in [0.05, 0.1) is 5.69 Å². The molecule has 0 radical (unpaired) electrons. The maximum atomic E-state index is 4.48. The molecule has 3 nitrogen and oxygen atoms in total. The van der Waals surface area contributed by atoms with Crippen LogP contribution in [-0.2, 0) is 13.6 Å². The van der Waals surface area contributed by atoms with Gasteiger partial charge in [0, 0.05) is 35.8 Å². The Labute approximate surface area is 119 Å². The molecule has 1 N–H and O–H groups in total. The highest BCUT2D eigenvalue weighted by atomic mass is 32.1. The van der Waals surface area contributed by atoms with Gasteiger partial charge in [0.2, 0.25) is 0 Å². The number of rotatable bonds is 5. The fourth-order valence-electron chi connectivity index (χ4n) is 2.42. The number of thiophene rings is 1. The monoisotopic (exact) mass is 277 g/mol. The quantitative estimate of drug-likeness (QED) is 0.905. The molecule has 0 bridgehead atoms. The minimum absolute atomic E-state index is 0.416. The summed E-state index contributed by atoms with van der Waals surface area (Å²) < 4.78 is 1.96. The summed E-state index contributed by atoms with van der Waals surface area (Å²) in [5.74, 6) is 0.580. The molecular formula is C15H23N3S. The van der Waals surface area contributed by atoms with Gasteiger partial charge in [0.15, 0.2) is 0 Å². The van der Waals surface area contributed by atoms with Crippen molar-refractivity contribution in [3.05, 3.63) is 39.3 Å². The van der Waals surface area contributed by atoms with Gasteiger partial charge in [-0.15, -0.1) is 11.3 Å². The molecule has 0 spiro atoms. The first-order valence-corrected chi connectivity index (χ1v) is 7.64. The molecule has 0 aliphatic carbocycles. The standard InChI is InChI=1S/C15H23N3S/c1-10(2)15(14-7-6-8-19-14)16-9-13-11(3)17-18(5)12(13)4/h6-8,10,15-16H,9H2,1-5H3. The summed E-state index contributed by atoms with van der Waals surface area (Å²) in [6, 6.07) is 4.75. The van der Waals surface area contributed by atoms with Gasteiger partial charge in [-0.3, -0.25) is 4.68 Å². The summed E-state index contributed by atoms with van der Waals surface area (Å²) in [4.78, 5) is 1.41.